The van der Waals surface area contributed by atoms with Crippen LogP contribution in [0.5, 0.6) is 0 Å². The van der Waals surface area contributed by atoms with Crippen LogP contribution in [0.2, 0.25) is 5.02 Å². The Labute approximate surface area is 116 Å². The summed E-state index contributed by atoms with van der Waals surface area (Å²) in [6.07, 6.45) is 4.87. The molecular weight excluding hydrogens is 265 g/mol. The smallest absolute Gasteiger partial charge is 0.150 e. The van der Waals surface area contributed by atoms with Gasteiger partial charge in [-0.05, 0) is 38.4 Å². The third kappa shape index (κ3) is 2.05. The molecule has 3 nitrogen and oxygen atoms in total. The Hall–Kier alpha value is -1.39. The lowest BCUT2D eigenvalue weighted by atomic mass is 9.93. The van der Waals surface area contributed by atoms with Gasteiger partial charge in [-0.1, -0.05) is 17.7 Å². The van der Waals surface area contributed by atoms with Crippen LogP contribution < -0.4 is 5.32 Å². The Kier molecular flexibility index (Phi) is 3.29. The van der Waals surface area contributed by atoms with Crippen LogP contribution in [0, 0.1) is 5.82 Å². The van der Waals surface area contributed by atoms with E-state index < -0.39 is 0 Å². The van der Waals surface area contributed by atoms with E-state index in [-0.39, 0.29) is 5.82 Å². The number of halogens is 2. The molecule has 19 heavy (non-hydrogen) atoms. The summed E-state index contributed by atoms with van der Waals surface area (Å²) in [4.78, 5) is 0. The fourth-order valence-electron chi connectivity index (χ4n) is 2.74. The highest BCUT2D eigenvalue weighted by atomic mass is 35.5. The van der Waals surface area contributed by atoms with Crippen LogP contribution in [0.25, 0.3) is 5.69 Å². The SMILES string of the molecule is CNC1CCCc2c1cnn2-c1c(F)cccc1Cl. The summed E-state index contributed by atoms with van der Waals surface area (Å²) >= 11 is 6.12. The Bertz CT molecular complexity index is 588. The molecule has 0 fully saturated rings. The molecule has 1 aromatic heterocycles. The first-order chi connectivity index (χ1) is 9.22. The van der Waals surface area contributed by atoms with Crippen molar-refractivity contribution in [1.82, 2.24) is 15.1 Å². The van der Waals surface area contributed by atoms with Crippen molar-refractivity contribution in [3.8, 4) is 5.69 Å². The van der Waals surface area contributed by atoms with Crippen molar-refractivity contribution in [1.29, 1.82) is 0 Å². The number of para-hydroxylation sites is 1. The third-order valence-electron chi connectivity index (χ3n) is 3.68. The molecule has 1 atom stereocenters. The van der Waals surface area contributed by atoms with Gasteiger partial charge in [-0.15, -0.1) is 0 Å². The van der Waals surface area contributed by atoms with Crippen molar-refractivity contribution in [2.75, 3.05) is 7.05 Å². The largest absolute Gasteiger partial charge is 0.313 e. The summed E-state index contributed by atoms with van der Waals surface area (Å²) < 4.78 is 15.7. The summed E-state index contributed by atoms with van der Waals surface area (Å²) in [5.41, 5.74) is 2.55. The average molecular weight is 280 g/mol. The maximum Gasteiger partial charge on any atom is 0.150 e. The maximum absolute atomic E-state index is 14.0. The minimum atomic E-state index is -0.343. The van der Waals surface area contributed by atoms with E-state index in [1.165, 1.54) is 6.07 Å². The van der Waals surface area contributed by atoms with E-state index in [0.29, 0.717) is 16.8 Å². The minimum Gasteiger partial charge on any atom is -0.313 e. The molecule has 0 bridgehead atoms. The summed E-state index contributed by atoms with van der Waals surface area (Å²) in [5, 5.41) is 8.00. The molecule has 1 heterocycles. The van der Waals surface area contributed by atoms with Gasteiger partial charge in [0.2, 0.25) is 0 Å². The molecule has 1 unspecified atom stereocenters. The number of hydrogen-bond acceptors (Lipinski definition) is 2. The van der Waals surface area contributed by atoms with Gasteiger partial charge in [-0.25, -0.2) is 9.07 Å². The Morgan fingerprint density at radius 1 is 1.47 bits per heavy atom. The molecule has 0 radical (unpaired) electrons. The first-order valence-electron chi connectivity index (χ1n) is 6.41. The van der Waals surface area contributed by atoms with Crippen LogP contribution in [0.1, 0.15) is 30.1 Å². The van der Waals surface area contributed by atoms with Crippen LogP contribution in [0.3, 0.4) is 0 Å². The molecule has 1 aliphatic carbocycles. The number of hydrogen-bond donors (Lipinski definition) is 1. The van der Waals surface area contributed by atoms with E-state index in [1.807, 2.05) is 13.2 Å². The van der Waals surface area contributed by atoms with Gasteiger partial charge < -0.3 is 5.32 Å². The lowest BCUT2D eigenvalue weighted by Gasteiger charge is -2.22. The highest BCUT2D eigenvalue weighted by Gasteiger charge is 2.25. The fraction of sp³-hybridized carbons (Fsp3) is 0.357. The summed E-state index contributed by atoms with van der Waals surface area (Å²) in [6.45, 7) is 0. The Morgan fingerprint density at radius 2 is 2.32 bits per heavy atom. The number of benzene rings is 1. The van der Waals surface area contributed by atoms with E-state index in [1.54, 1.807) is 16.8 Å². The van der Waals surface area contributed by atoms with E-state index in [2.05, 4.69) is 10.4 Å². The van der Waals surface area contributed by atoms with Gasteiger partial charge in [-0.2, -0.15) is 5.10 Å². The van der Waals surface area contributed by atoms with Crippen molar-refractivity contribution in [3.05, 3.63) is 46.5 Å². The van der Waals surface area contributed by atoms with Crippen molar-refractivity contribution in [2.45, 2.75) is 25.3 Å². The fourth-order valence-corrected chi connectivity index (χ4v) is 2.98. The summed E-state index contributed by atoms with van der Waals surface area (Å²) in [5.74, 6) is -0.343. The molecule has 100 valence electrons. The van der Waals surface area contributed by atoms with Gasteiger partial charge in [-0.3, -0.25) is 0 Å². The van der Waals surface area contributed by atoms with Gasteiger partial charge in [0.05, 0.1) is 11.2 Å². The molecule has 1 aliphatic rings. The number of fused-ring (bicyclic) bond motifs is 1. The van der Waals surface area contributed by atoms with Gasteiger partial charge in [0, 0.05) is 17.3 Å². The Morgan fingerprint density at radius 3 is 3.05 bits per heavy atom. The van der Waals surface area contributed by atoms with E-state index in [4.69, 9.17) is 11.6 Å². The summed E-state index contributed by atoms with van der Waals surface area (Å²) in [7, 11) is 1.94. The Balaban J connectivity index is 2.15. The molecule has 0 amide bonds. The zero-order valence-electron chi connectivity index (χ0n) is 10.7. The van der Waals surface area contributed by atoms with Crippen LogP contribution >= 0.6 is 11.6 Å². The molecule has 1 aromatic carbocycles. The minimum absolute atomic E-state index is 0.294. The molecule has 0 aliphatic heterocycles. The predicted molar refractivity (Wildman–Crippen MR) is 73.3 cm³/mol. The van der Waals surface area contributed by atoms with Gasteiger partial charge in [0.1, 0.15) is 11.5 Å². The second kappa shape index (κ2) is 4.94. The van der Waals surface area contributed by atoms with Crippen molar-refractivity contribution in [2.24, 2.45) is 0 Å². The second-order valence-corrected chi connectivity index (χ2v) is 5.17. The standard InChI is InChI=1S/C14H15ClFN3/c1-17-12-6-3-7-13-9(12)8-18-19(13)14-10(15)4-2-5-11(14)16/h2,4-5,8,12,17H,3,6-7H2,1H3. The van der Waals surface area contributed by atoms with Crippen molar-refractivity contribution >= 4 is 11.6 Å². The summed E-state index contributed by atoms with van der Waals surface area (Å²) in [6, 6.07) is 5.00. The number of aromatic nitrogens is 2. The van der Waals surface area contributed by atoms with Crippen LogP contribution in [0.15, 0.2) is 24.4 Å². The number of nitrogens with zero attached hydrogens (tertiary/aromatic N) is 2. The number of nitrogens with one attached hydrogen (secondary N) is 1. The van der Waals surface area contributed by atoms with Crippen LogP contribution in [-0.4, -0.2) is 16.8 Å². The average Bonchev–Trinajstić information content (AvgIpc) is 2.82. The van der Waals surface area contributed by atoms with Crippen LogP contribution in [0.4, 0.5) is 4.39 Å². The number of rotatable bonds is 2. The molecule has 1 N–H and O–H groups in total. The molecule has 0 saturated heterocycles. The monoisotopic (exact) mass is 279 g/mol. The predicted octanol–water partition coefficient (Wildman–Crippen LogP) is 3.26. The van der Waals surface area contributed by atoms with E-state index in [9.17, 15) is 4.39 Å². The van der Waals surface area contributed by atoms with Gasteiger partial charge in [0.15, 0.2) is 0 Å². The second-order valence-electron chi connectivity index (χ2n) is 4.76. The quantitative estimate of drug-likeness (QED) is 0.914. The first kappa shape index (κ1) is 12.6. The van der Waals surface area contributed by atoms with Crippen molar-refractivity contribution < 1.29 is 4.39 Å². The van der Waals surface area contributed by atoms with Gasteiger partial charge in [0.25, 0.3) is 0 Å². The zero-order chi connectivity index (χ0) is 13.4. The molecule has 2 aromatic rings. The highest BCUT2D eigenvalue weighted by molar-refractivity contribution is 6.32. The van der Waals surface area contributed by atoms with Crippen molar-refractivity contribution in [3.63, 3.8) is 0 Å². The molecule has 0 spiro atoms. The normalized spacial score (nSPS) is 18.4. The van der Waals surface area contributed by atoms with Crippen LogP contribution in [-0.2, 0) is 6.42 Å². The molecule has 0 saturated carbocycles. The maximum atomic E-state index is 14.0. The van der Waals surface area contributed by atoms with E-state index >= 15 is 0 Å². The topological polar surface area (TPSA) is 29.9 Å². The van der Waals surface area contributed by atoms with E-state index in [0.717, 1.165) is 30.5 Å². The highest BCUT2D eigenvalue weighted by Crippen LogP contribution is 2.33. The lowest BCUT2D eigenvalue weighted by Crippen LogP contribution is -2.22. The molecule has 5 heteroatoms. The van der Waals surface area contributed by atoms with Gasteiger partial charge >= 0.3 is 0 Å². The zero-order valence-corrected chi connectivity index (χ0v) is 11.4. The lowest BCUT2D eigenvalue weighted by molar-refractivity contribution is 0.488. The first-order valence-corrected chi connectivity index (χ1v) is 6.78. The third-order valence-corrected chi connectivity index (χ3v) is 3.99. The molecule has 3 rings (SSSR count). The molecular formula is C14H15ClFN3.